The van der Waals surface area contributed by atoms with Gasteiger partial charge in [-0.1, -0.05) is 28.4 Å². The summed E-state index contributed by atoms with van der Waals surface area (Å²) in [4.78, 5) is 16.8. The fraction of sp³-hybridized carbons (Fsp3) is 0.125. The molecule has 0 bridgehead atoms. The predicted octanol–water partition coefficient (Wildman–Crippen LogP) is 2.41. The minimum Gasteiger partial charge on any atom is -0.325 e. The number of nitrogens with one attached hydrogen (secondary N) is 1. The highest BCUT2D eigenvalue weighted by molar-refractivity contribution is 6.05. The molecule has 78 valence electrons. The quantitative estimate of drug-likeness (QED) is 0.453. The molecule has 1 N–H and O–H groups in total. The SMILES string of the molecule is [N-]=[N+]=NC1(N=[N+]=[N-])C(=O)Nc2ccccc21. The Hall–Kier alpha value is -2.69. The fourth-order valence-corrected chi connectivity index (χ4v) is 1.58. The molecule has 1 aromatic rings. The van der Waals surface area contributed by atoms with Gasteiger partial charge < -0.3 is 5.32 Å². The molecule has 1 amide bonds. The number of rotatable bonds is 2. The molecule has 0 aliphatic carbocycles. The zero-order chi connectivity index (χ0) is 11.6. The molecule has 0 atom stereocenters. The number of para-hydroxylation sites is 1. The lowest BCUT2D eigenvalue weighted by Crippen LogP contribution is -2.29. The van der Waals surface area contributed by atoms with Crippen molar-refractivity contribution < 1.29 is 4.79 Å². The summed E-state index contributed by atoms with van der Waals surface area (Å²) in [6.07, 6.45) is 0. The van der Waals surface area contributed by atoms with Crippen LogP contribution in [0.5, 0.6) is 0 Å². The highest BCUT2D eigenvalue weighted by Gasteiger charge is 2.45. The normalized spacial score (nSPS) is 21.4. The van der Waals surface area contributed by atoms with E-state index in [1.165, 1.54) is 0 Å². The Kier molecular flexibility index (Phi) is 2.13. The number of benzene rings is 1. The molecule has 0 saturated heterocycles. The maximum atomic E-state index is 11.7. The van der Waals surface area contributed by atoms with Crippen LogP contribution in [0.2, 0.25) is 0 Å². The van der Waals surface area contributed by atoms with E-state index in [9.17, 15) is 4.79 Å². The largest absolute Gasteiger partial charge is 0.325 e. The van der Waals surface area contributed by atoms with Crippen LogP contribution in [0.3, 0.4) is 0 Å². The third kappa shape index (κ3) is 1.15. The number of hydrogen-bond donors (Lipinski definition) is 1. The van der Waals surface area contributed by atoms with Crippen molar-refractivity contribution in [3.63, 3.8) is 0 Å². The van der Waals surface area contributed by atoms with Gasteiger partial charge in [0.2, 0.25) is 11.6 Å². The Morgan fingerprint density at radius 3 is 2.44 bits per heavy atom. The minimum atomic E-state index is -1.85. The summed E-state index contributed by atoms with van der Waals surface area (Å²) < 4.78 is 0. The second-order valence-corrected chi connectivity index (χ2v) is 3.05. The van der Waals surface area contributed by atoms with E-state index in [1.54, 1.807) is 24.3 Å². The Morgan fingerprint density at radius 2 is 1.81 bits per heavy atom. The number of hydrogen-bond acceptors (Lipinski definition) is 3. The van der Waals surface area contributed by atoms with Crippen molar-refractivity contribution in [1.82, 2.24) is 0 Å². The number of carbonyl (C=O) groups excluding carboxylic acids is 1. The van der Waals surface area contributed by atoms with E-state index in [0.717, 1.165) is 0 Å². The topological polar surface area (TPSA) is 127 Å². The van der Waals surface area contributed by atoms with E-state index >= 15 is 0 Å². The summed E-state index contributed by atoms with van der Waals surface area (Å²) in [6, 6.07) is 6.57. The molecule has 8 heteroatoms. The molecule has 1 aliphatic rings. The molecule has 2 rings (SSSR count). The van der Waals surface area contributed by atoms with Crippen LogP contribution >= 0.6 is 0 Å². The summed E-state index contributed by atoms with van der Waals surface area (Å²) in [5, 5.41) is 9.12. The number of azide groups is 1. The standard InChI is InChI=1S/C8H5N7O/c9-14-12-8(13-15-10)5-3-1-2-4-6(5)11-7(8)16/h1-4H,(H,11,16). The average molecular weight is 215 g/mol. The zero-order valence-electron chi connectivity index (χ0n) is 7.90. The van der Waals surface area contributed by atoms with Gasteiger partial charge in [-0.05, 0) is 17.1 Å². The van der Waals surface area contributed by atoms with Crippen LogP contribution in [0.4, 0.5) is 5.69 Å². The Balaban J connectivity index is 2.75. The first-order valence-corrected chi connectivity index (χ1v) is 4.28. The molecule has 0 unspecified atom stereocenters. The van der Waals surface area contributed by atoms with Crippen LogP contribution in [-0.4, -0.2) is 5.91 Å². The number of amides is 1. The minimum absolute atomic E-state index is 0.357. The molecule has 1 aliphatic heterocycles. The zero-order valence-corrected chi connectivity index (χ0v) is 7.90. The molecule has 0 aromatic heterocycles. The summed E-state index contributed by atoms with van der Waals surface area (Å²) in [6.45, 7) is 0. The van der Waals surface area contributed by atoms with Crippen molar-refractivity contribution in [3.05, 3.63) is 50.7 Å². The van der Waals surface area contributed by atoms with E-state index in [2.05, 4.69) is 25.4 Å². The monoisotopic (exact) mass is 215 g/mol. The van der Waals surface area contributed by atoms with Crippen molar-refractivity contribution in [1.29, 1.82) is 0 Å². The Morgan fingerprint density at radius 1 is 1.19 bits per heavy atom. The maximum Gasteiger partial charge on any atom is 0.247 e. The first-order valence-electron chi connectivity index (χ1n) is 4.28. The average Bonchev–Trinajstić information content (AvgIpc) is 2.54. The lowest BCUT2D eigenvalue weighted by Gasteiger charge is -2.13. The van der Waals surface area contributed by atoms with Crippen LogP contribution in [0.1, 0.15) is 5.56 Å². The van der Waals surface area contributed by atoms with E-state index in [0.29, 0.717) is 11.3 Å². The van der Waals surface area contributed by atoms with Gasteiger partial charge in [0.25, 0.3) is 0 Å². The van der Waals surface area contributed by atoms with Crippen molar-refractivity contribution in [2.75, 3.05) is 5.32 Å². The number of carbonyl (C=O) groups is 1. The molecule has 16 heavy (non-hydrogen) atoms. The molecule has 0 saturated carbocycles. The van der Waals surface area contributed by atoms with Crippen molar-refractivity contribution in [3.8, 4) is 0 Å². The smallest absolute Gasteiger partial charge is 0.247 e. The summed E-state index contributed by atoms with van der Waals surface area (Å²) in [7, 11) is 0. The van der Waals surface area contributed by atoms with Gasteiger partial charge in [-0.25, -0.2) is 0 Å². The third-order valence-corrected chi connectivity index (χ3v) is 2.25. The van der Waals surface area contributed by atoms with Crippen LogP contribution in [0.15, 0.2) is 34.5 Å². The molecular weight excluding hydrogens is 210 g/mol. The van der Waals surface area contributed by atoms with Crippen molar-refractivity contribution in [2.45, 2.75) is 5.66 Å². The highest BCUT2D eigenvalue weighted by Crippen LogP contribution is 2.40. The summed E-state index contributed by atoms with van der Waals surface area (Å²) in [5.41, 5.74) is 15.9. The van der Waals surface area contributed by atoms with Crippen LogP contribution in [-0.2, 0) is 10.5 Å². The first-order chi connectivity index (χ1) is 7.74. The van der Waals surface area contributed by atoms with Crippen LogP contribution < -0.4 is 5.32 Å². The Bertz CT molecular complexity index is 535. The second-order valence-electron chi connectivity index (χ2n) is 3.05. The van der Waals surface area contributed by atoms with Gasteiger partial charge in [-0.2, -0.15) is 0 Å². The molecule has 0 spiro atoms. The second kappa shape index (κ2) is 3.47. The maximum absolute atomic E-state index is 11.7. The summed E-state index contributed by atoms with van der Waals surface area (Å²) in [5.74, 6) is -0.649. The molecular formula is C8H5N7O. The number of fused-ring (bicyclic) bond motifs is 1. The van der Waals surface area contributed by atoms with Crippen molar-refractivity contribution in [2.24, 2.45) is 10.2 Å². The van der Waals surface area contributed by atoms with E-state index in [-0.39, 0.29) is 0 Å². The van der Waals surface area contributed by atoms with Crippen LogP contribution in [0, 0.1) is 0 Å². The fourth-order valence-electron chi connectivity index (χ4n) is 1.58. The van der Waals surface area contributed by atoms with E-state index < -0.39 is 11.6 Å². The van der Waals surface area contributed by atoms with Crippen molar-refractivity contribution >= 4 is 11.6 Å². The van der Waals surface area contributed by atoms with Crippen LogP contribution in [0.25, 0.3) is 20.9 Å². The highest BCUT2D eigenvalue weighted by atomic mass is 16.2. The number of nitrogens with zero attached hydrogens (tertiary/aromatic N) is 6. The van der Waals surface area contributed by atoms with E-state index in [4.69, 9.17) is 11.1 Å². The molecule has 0 fully saturated rings. The van der Waals surface area contributed by atoms with Gasteiger partial charge >= 0.3 is 0 Å². The molecule has 1 aromatic carbocycles. The van der Waals surface area contributed by atoms with Gasteiger partial charge in [0.1, 0.15) is 0 Å². The third-order valence-electron chi connectivity index (χ3n) is 2.25. The predicted molar refractivity (Wildman–Crippen MR) is 55.0 cm³/mol. The molecule has 0 radical (unpaired) electrons. The van der Waals surface area contributed by atoms with Gasteiger partial charge in [0.15, 0.2) is 0 Å². The van der Waals surface area contributed by atoms with Gasteiger partial charge in [0, 0.05) is 21.1 Å². The van der Waals surface area contributed by atoms with Gasteiger partial charge in [-0.15, -0.1) is 0 Å². The van der Waals surface area contributed by atoms with Gasteiger partial charge in [-0.3, -0.25) is 4.79 Å². The van der Waals surface area contributed by atoms with E-state index in [1.807, 2.05) is 0 Å². The molecule has 8 nitrogen and oxygen atoms in total. The Labute approximate surface area is 89.1 Å². The number of anilines is 1. The lowest BCUT2D eigenvalue weighted by molar-refractivity contribution is -0.120. The lowest BCUT2D eigenvalue weighted by atomic mass is 10.0. The van der Waals surface area contributed by atoms with Gasteiger partial charge in [0.05, 0.1) is 0 Å². The first kappa shape index (κ1) is 9.85. The molecule has 1 heterocycles. The summed E-state index contributed by atoms with van der Waals surface area (Å²) >= 11 is 0.